The lowest BCUT2D eigenvalue weighted by Gasteiger charge is -2.27. The molecule has 0 radical (unpaired) electrons. The third kappa shape index (κ3) is 3.62. The van der Waals surface area contributed by atoms with Crippen LogP contribution < -0.4 is 0 Å². The van der Waals surface area contributed by atoms with E-state index in [9.17, 15) is 9.59 Å². The average molecular weight is 324 g/mol. The first kappa shape index (κ1) is 16.2. The number of aromatic nitrogens is 1. The highest BCUT2D eigenvalue weighted by molar-refractivity contribution is 5.99. The van der Waals surface area contributed by atoms with Gasteiger partial charge in [-0.15, -0.1) is 0 Å². The van der Waals surface area contributed by atoms with Crippen molar-refractivity contribution in [1.29, 1.82) is 0 Å². The van der Waals surface area contributed by atoms with Gasteiger partial charge in [-0.3, -0.25) is 14.6 Å². The van der Waals surface area contributed by atoms with E-state index in [-0.39, 0.29) is 12.3 Å². The Bertz CT molecular complexity index is 735. The smallest absolute Gasteiger partial charge is 0.307 e. The maximum absolute atomic E-state index is 12.8. The fourth-order valence-electron chi connectivity index (χ4n) is 3.03. The Labute approximate surface area is 140 Å². The average Bonchev–Trinajstić information content (AvgIpc) is 2.62. The van der Waals surface area contributed by atoms with Crippen molar-refractivity contribution in [2.24, 2.45) is 0 Å². The summed E-state index contributed by atoms with van der Waals surface area (Å²) in [5, 5.41) is 8.85. The largest absolute Gasteiger partial charge is 0.481 e. The highest BCUT2D eigenvalue weighted by Crippen LogP contribution is 2.24. The van der Waals surface area contributed by atoms with Crippen LogP contribution in [0.25, 0.3) is 11.3 Å². The maximum Gasteiger partial charge on any atom is 0.307 e. The quantitative estimate of drug-likeness (QED) is 0.938. The fraction of sp³-hybridized carbons (Fsp3) is 0.316. The number of amides is 1. The molecule has 3 rings (SSSR count). The summed E-state index contributed by atoms with van der Waals surface area (Å²) in [6.07, 6.45) is 4.93. The number of likely N-dealkylation sites (tertiary alicyclic amines) is 1. The van der Waals surface area contributed by atoms with E-state index in [0.29, 0.717) is 11.3 Å². The Morgan fingerprint density at radius 3 is 2.42 bits per heavy atom. The summed E-state index contributed by atoms with van der Waals surface area (Å²) in [5.74, 6) is -0.839. The molecule has 0 saturated carbocycles. The highest BCUT2D eigenvalue weighted by atomic mass is 16.4. The Morgan fingerprint density at radius 2 is 1.75 bits per heavy atom. The van der Waals surface area contributed by atoms with Gasteiger partial charge in [0.25, 0.3) is 5.91 Å². The number of nitrogens with zero attached hydrogens (tertiary/aromatic N) is 2. The molecule has 1 saturated heterocycles. The van der Waals surface area contributed by atoms with Gasteiger partial charge in [0.15, 0.2) is 0 Å². The summed E-state index contributed by atoms with van der Waals surface area (Å²) < 4.78 is 0. The fourth-order valence-corrected chi connectivity index (χ4v) is 3.03. The molecule has 0 spiro atoms. The number of carbonyl (C=O) groups is 2. The van der Waals surface area contributed by atoms with E-state index in [1.54, 1.807) is 24.4 Å². The van der Waals surface area contributed by atoms with Crippen molar-refractivity contribution in [2.75, 3.05) is 13.1 Å². The molecule has 24 heavy (non-hydrogen) atoms. The zero-order chi connectivity index (χ0) is 16.9. The Kier molecular flexibility index (Phi) is 4.89. The predicted octanol–water partition coefficient (Wildman–Crippen LogP) is 3.00. The lowest BCUT2D eigenvalue weighted by Crippen LogP contribution is -2.35. The third-order valence-electron chi connectivity index (χ3n) is 4.26. The van der Waals surface area contributed by atoms with Crippen LogP contribution in [0.3, 0.4) is 0 Å². The van der Waals surface area contributed by atoms with Crippen LogP contribution in [0.15, 0.2) is 42.6 Å². The molecule has 0 bridgehead atoms. The minimum atomic E-state index is -0.860. The molecule has 1 N–H and O–H groups in total. The standard InChI is InChI=1S/C19H20N2O3/c22-17(23)13-14-6-8-15(9-7-14)18-16(5-4-10-20-18)19(24)21-11-2-1-3-12-21/h4-10H,1-3,11-13H2,(H,22,23). The second kappa shape index (κ2) is 7.25. The molecule has 1 aliphatic rings. The zero-order valence-electron chi connectivity index (χ0n) is 13.4. The number of piperidine rings is 1. The van der Waals surface area contributed by atoms with Gasteiger partial charge >= 0.3 is 5.97 Å². The van der Waals surface area contributed by atoms with Gasteiger partial charge in [0.2, 0.25) is 0 Å². The zero-order valence-corrected chi connectivity index (χ0v) is 13.4. The highest BCUT2D eigenvalue weighted by Gasteiger charge is 2.21. The van der Waals surface area contributed by atoms with Crippen molar-refractivity contribution in [3.63, 3.8) is 0 Å². The number of hydrogen-bond acceptors (Lipinski definition) is 3. The number of pyridine rings is 1. The molecular weight excluding hydrogens is 304 g/mol. The second-order valence-electron chi connectivity index (χ2n) is 6.02. The molecule has 5 heteroatoms. The van der Waals surface area contributed by atoms with Crippen molar-refractivity contribution in [1.82, 2.24) is 9.88 Å². The van der Waals surface area contributed by atoms with E-state index in [1.807, 2.05) is 23.1 Å². The number of rotatable bonds is 4. The van der Waals surface area contributed by atoms with Gasteiger partial charge in [0, 0.05) is 24.8 Å². The Morgan fingerprint density at radius 1 is 1.04 bits per heavy atom. The first-order valence-electron chi connectivity index (χ1n) is 8.20. The molecule has 2 heterocycles. The summed E-state index contributed by atoms with van der Waals surface area (Å²) in [6.45, 7) is 1.59. The molecule has 1 fully saturated rings. The first-order chi connectivity index (χ1) is 11.6. The van der Waals surface area contributed by atoms with Gasteiger partial charge in [0.1, 0.15) is 0 Å². The van der Waals surface area contributed by atoms with Crippen molar-refractivity contribution < 1.29 is 14.7 Å². The molecule has 1 aromatic carbocycles. The molecule has 0 aliphatic carbocycles. The lowest BCUT2D eigenvalue weighted by atomic mass is 10.0. The van der Waals surface area contributed by atoms with E-state index in [4.69, 9.17) is 5.11 Å². The van der Waals surface area contributed by atoms with Crippen LogP contribution in [-0.4, -0.2) is 40.0 Å². The minimum absolute atomic E-state index is 0.0118. The summed E-state index contributed by atoms with van der Waals surface area (Å²) in [5.41, 5.74) is 2.80. The number of aliphatic carboxylic acids is 1. The van der Waals surface area contributed by atoms with Crippen LogP contribution in [0, 0.1) is 0 Å². The molecule has 0 unspecified atom stereocenters. The number of carboxylic acid groups (broad SMARTS) is 1. The van der Waals surface area contributed by atoms with Crippen molar-refractivity contribution in [3.05, 3.63) is 53.7 Å². The van der Waals surface area contributed by atoms with E-state index in [1.165, 1.54) is 6.42 Å². The van der Waals surface area contributed by atoms with Gasteiger partial charge in [-0.05, 0) is 37.0 Å². The minimum Gasteiger partial charge on any atom is -0.481 e. The van der Waals surface area contributed by atoms with Crippen LogP contribution in [0.5, 0.6) is 0 Å². The topological polar surface area (TPSA) is 70.5 Å². The van der Waals surface area contributed by atoms with Gasteiger partial charge in [0.05, 0.1) is 17.7 Å². The number of carboxylic acids is 1. The molecule has 124 valence electrons. The second-order valence-corrected chi connectivity index (χ2v) is 6.02. The van der Waals surface area contributed by atoms with Crippen LogP contribution in [0.4, 0.5) is 0 Å². The number of benzene rings is 1. The Hall–Kier alpha value is -2.69. The van der Waals surface area contributed by atoms with Crippen LogP contribution in [0.2, 0.25) is 0 Å². The number of carbonyl (C=O) groups excluding carboxylic acids is 1. The molecule has 0 atom stereocenters. The van der Waals surface area contributed by atoms with Crippen molar-refractivity contribution in [2.45, 2.75) is 25.7 Å². The van der Waals surface area contributed by atoms with E-state index >= 15 is 0 Å². The van der Waals surface area contributed by atoms with E-state index in [2.05, 4.69) is 4.98 Å². The molecule has 2 aromatic rings. The SMILES string of the molecule is O=C(O)Cc1ccc(-c2ncccc2C(=O)N2CCCCC2)cc1. The van der Waals surface area contributed by atoms with E-state index < -0.39 is 5.97 Å². The first-order valence-corrected chi connectivity index (χ1v) is 8.20. The van der Waals surface area contributed by atoms with Gasteiger partial charge < -0.3 is 10.0 Å². The maximum atomic E-state index is 12.8. The van der Waals surface area contributed by atoms with Gasteiger partial charge in [-0.2, -0.15) is 0 Å². The summed E-state index contributed by atoms with van der Waals surface area (Å²) in [4.78, 5) is 29.9. The molecule has 1 amide bonds. The van der Waals surface area contributed by atoms with Crippen LogP contribution in [-0.2, 0) is 11.2 Å². The van der Waals surface area contributed by atoms with Crippen molar-refractivity contribution >= 4 is 11.9 Å². The Balaban J connectivity index is 1.88. The summed E-state index contributed by atoms with van der Waals surface area (Å²) in [7, 11) is 0. The molecule has 1 aromatic heterocycles. The molecule has 5 nitrogen and oxygen atoms in total. The molecular formula is C19H20N2O3. The van der Waals surface area contributed by atoms with Crippen LogP contribution >= 0.6 is 0 Å². The van der Waals surface area contributed by atoms with Gasteiger partial charge in [-0.25, -0.2) is 0 Å². The predicted molar refractivity (Wildman–Crippen MR) is 90.8 cm³/mol. The van der Waals surface area contributed by atoms with E-state index in [0.717, 1.165) is 37.1 Å². The number of hydrogen-bond donors (Lipinski definition) is 1. The monoisotopic (exact) mass is 324 g/mol. The molecule has 1 aliphatic heterocycles. The normalized spacial score (nSPS) is 14.4. The van der Waals surface area contributed by atoms with Crippen molar-refractivity contribution in [3.8, 4) is 11.3 Å². The van der Waals surface area contributed by atoms with Crippen LogP contribution in [0.1, 0.15) is 35.2 Å². The summed E-state index contributed by atoms with van der Waals surface area (Å²) in [6, 6.07) is 10.8. The lowest BCUT2D eigenvalue weighted by molar-refractivity contribution is -0.136. The van der Waals surface area contributed by atoms with Gasteiger partial charge in [-0.1, -0.05) is 24.3 Å². The third-order valence-corrected chi connectivity index (χ3v) is 4.26. The summed E-state index contributed by atoms with van der Waals surface area (Å²) >= 11 is 0.